The van der Waals surface area contributed by atoms with E-state index < -0.39 is 0 Å². The molecule has 1 aliphatic rings. The van der Waals surface area contributed by atoms with Crippen LogP contribution >= 0.6 is 0 Å². The smallest absolute Gasteiger partial charge is 0.0557 e. The van der Waals surface area contributed by atoms with Gasteiger partial charge in [-0.05, 0) is 6.42 Å². The first-order valence-electron chi connectivity index (χ1n) is 3.63. The lowest BCUT2D eigenvalue weighted by atomic mass is 9.79. The molecule has 0 aliphatic carbocycles. The molecule has 3 N–H and O–H groups in total. The Morgan fingerprint density at radius 1 is 1.70 bits per heavy atom. The summed E-state index contributed by atoms with van der Waals surface area (Å²) in [7, 11) is 0. The van der Waals surface area contributed by atoms with E-state index >= 15 is 0 Å². The first kappa shape index (κ1) is 7.98. The summed E-state index contributed by atoms with van der Waals surface area (Å²) in [5, 5.41) is 8.60. The standard InChI is InChI=1S/C7H15NO2/c1-7(4-10-5-7)6(8)2-3-9/h6,9H,2-5,8H2,1H3. The predicted octanol–water partition coefficient (Wildman–Crippen LogP) is -0.267. The molecule has 3 heteroatoms. The molecule has 10 heavy (non-hydrogen) atoms. The van der Waals surface area contributed by atoms with E-state index in [9.17, 15) is 0 Å². The SMILES string of the molecule is CC1(C(N)CCO)COC1. The van der Waals surface area contributed by atoms with E-state index in [-0.39, 0.29) is 18.1 Å². The normalized spacial score (nSPS) is 25.5. The Balaban J connectivity index is 2.31. The molecule has 0 aromatic rings. The third kappa shape index (κ3) is 1.31. The van der Waals surface area contributed by atoms with Gasteiger partial charge in [0.1, 0.15) is 0 Å². The van der Waals surface area contributed by atoms with Gasteiger partial charge in [-0.15, -0.1) is 0 Å². The maximum Gasteiger partial charge on any atom is 0.0557 e. The Morgan fingerprint density at radius 3 is 2.60 bits per heavy atom. The Hall–Kier alpha value is -0.120. The monoisotopic (exact) mass is 145 g/mol. The molecule has 1 atom stereocenters. The Labute approximate surface area is 61.2 Å². The molecular weight excluding hydrogens is 130 g/mol. The summed E-state index contributed by atoms with van der Waals surface area (Å²) in [5.41, 5.74) is 5.91. The van der Waals surface area contributed by atoms with E-state index in [0.29, 0.717) is 6.42 Å². The highest BCUT2D eigenvalue weighted by molar-refractivity contribution is 4.90. The van der Waals surface area contributed by atoms with Crippen molar-refractivity contribution in [3.63, 3.8) is 0 Å². The van der Waals surface area contributed by atoms with E-state index in [2.05, 4.69) is 6.92 Å². The number of hydrogen-bond donors (Lipinski definition) is 2. The molecule has 0 aromatic carbocycles. The van der Waals surface area contributed by atoms with Crippen LogP contribution in [0.4, 0.5) is 0 Å². The van der Waals surface area contributed by atoms with Gasteiger partial charge in [-0.25, -0.2) is 0 Å². The number of rotatable bonds is 3. The van der Waals surface area contributed by atoms with Crippen LogP contribution in [-0.4, -0.2) is 31.0 Å². The van der Waals surface area contributed by atoms with Crippen molar-refractivity contribution in [2.24, 2.45) is 11.1 Å². The molecular formula is C7H15NO2. The van der Waals surface area contributed by atoms with E-state index in [1.54, 1.807) is 0 Å². The summed E-state index contributed by atoms with van der Waals surface area (Å²) in [4.78, 5) is 0. The topological polar surface area (TPSA) is 55.5 Å². The van der Waals surface area contributed by atoms with Crippen LogP contribution in [0.2, 0.25) is 0 Å². The quantitative estimate of drug-likeness (QED) is 0.575. The van der Waals surface area contributed by atoms with Gasteiger partial charge in [0.15, 0.2) is 0 Å². The second-order valence-electron chi connectivity index (χ2n) is 3.27. The van der Waals surface area contributed by atoms with E-state index in [0.717, 1.165) is 13.2 Å². The second-order valence-corrected chi connectivity index (χ2v) is 3.27. The van der Waals surface area contributed by atoms with Crippen LogP contribution in [0, 0.1) is 5.41 Å². The summed E-state index contributed by atoms with van der Waals surface area (Å²) in [6.45, 7) is 3.76. The van der Waals surface area contributed by atoms with Crippen LogP contribution in [0.5, 0.6) is 0 Å². The minimum absolute atomic E-state index is 0.0891. The Bertz CT molecular complexity index is 112. The van der Waals surface area contributed by atoms with Gasteiger partial charge in [0.2, 0.25) is 0 Å². The number of aliphatic hydroxyl groups excluding tert-OH is 1. The van der Waals surface area contributed by atoms with Crippen molar-refractivity contribution in [1.82, 2.24) is 0 Å². The highest BCUT2D eigenvalue weighted by Crippen LogP contribution is 2.30. The summed E-state index contributed by atoms with van der Waals surface area (Å²) in [5.74, 6) is 0. The summed E-state index contributed by atoms with van der Waals surface area (Å²) in [6, 6.07) is 0.0891. The molecule has 1 heterocycles. The van der Waals surface area contributed by atoms with Crippen LogP contribution < -0.4 is 5.73 Å². The number of nitrogens with two attached hydrogens (primary N) is 1. The Kier molecular flexibility index (Phi) is 2.28. The fraction of sp³-hybridized carbons (Fsp3) is 1.00. The van der Waals surface area contributed by atoms with E-state index in [4.69, 9.17) is 15.6 Å². The molecule has 3 nitrogen and oxygen atoms in total. The zero-order valence-electron chi connectivity index (χ0n) is 6.34. The number of aliphatic hydroxyl groups is 1. The first-order chi connectivity index (χ1) is 4.69. The Morgan fingerprint density at radius 2 is 2.30 bits per heavy atom. The van der Waals surface area contributed by atoms with Gasteiger partial charge in [-0.3, -0.25) is 0 Å². The van der Waals surface area contributed by atoms with Gasteiger partial charge < -0.3 is 15.6 Å². The molecule has 0 amide bonds. The van der Waals surface area contributed by atoms with Crippen LogP contribution in [0.15, 0.2) is 0 Å². The third-order valence-corrected chi connectivity index (χ3v) is 2.20. The molecule has 1 saturated heterocycles. The summed E-state index contributed by atoms with van der Waals surface area (Å²) < 4.78 is 5.04. The van der Waals surface area contributed by atoms with Crippen molar-refractivity contribution in [2.45, 2.75) is 19.4 Å². The average molecular weight is 145 g/mol. The molecule has 0 aromatic heterocycles. The van der Waals surface area contributed by atoms with Crippen LogP contribution in [0.3, 0.4) is 0 Å². The molecule has 0 spiro atoms. The lowest BCUT2D eigenvalue weighted by Crippen LogP contribution is -2.53. The van der Waals surface area contributed by atoms with Crippen molar-refractivity contribution in [3.05, 3.63) is 0 Å². The van der Waals surface area contributed by atoms with Crippen molar-refractivity contribution in [2.75, 3.05) is 19.8 Å². The lowest BCUT2D eigenvalue weighted by molar-refractivity contribution is -0.117. The zero-order chi connectivity index (χ0) is 7.61. The molecule has 60 valence electrons. The van der Waals surface area contributed by atoms with Crippen molar-refractivity contribution in [3.8, 4) is 0 Å². The van der Waals surface area contributed by atoms with Crippen LogP contribution in [0.1, 0.15) is 13.3 Å². The molecule has 1 rings (SSSR count). The minimum Gasteiger partial charge on any atom is -0.396 e. The van der Waals surface area contributed by atoms with Crippen molar-refractivity contribution < 1.29 is 9.84 Å². The highest BCUT2D eigenvalue weighted by Gasteiger charge is 2.38. The molecule has 0 bridgehead atoms. The van der Waals surface area contributed by atoms with Crippen LogP contribution in [0.25, 0.3) is 0 Å². The van der Waals surface area contributed by atoms with Gasteiger partial charge >= 0.3 is 0 Å². The van der Waals surface area contributed by atoms with E-state index in [1.807, 2.05) is 0 Å². The molecule has 1 fully saturated rings. The number of ether oxygens (including phenoxy) is 1. The predicted molar refractivity (Wildman–Crippen MR) is 38.6 cm³/mol. The third-order valence-electron chi connectivity index (χ3n) is 2.20. The zero-order valence-corrected chi connectivity index (χ0v) is 6.34. The highest BCUT2D eigenvalue weighted by atomic mass is 16.5. The second kappa shape index (κ2) is 2.86. The molecule has 0 saturated carbocycles. The first-order valence-corrected chi connectivity index (χ1v) is 3.63. The maximum absolute atomic E-state index is 8.60. The summed E-state index contributed by atoms with van der Waals surface area (Å²) in [6.07, 6.45) is 0.680. The van der Waals surface area contributed by atoms with E-state index in [1.165, 1.54) is 0 Å². The van der Waals surface area contributed by atoms with Gasteiger partial charge in [-0.2, -0.15) is 0 Å². The van der Waals surface area contributed by atoms with Gasteiger partial charge in [0.05, 0.1) is 13.2 Å². The summed E-state index contributed by atoms with van der Waals surface area (Å²) >= 11 is 0. The van der Waals surface area contributed by atoms with Crippen LogP contribution in [-0.2, 0) is 4.74 Å². The van der Waals surface area contributed by atoms with Crippen molar-refractivity contribution >= 4 is 0 Å². The largest absolute Gasteiger partial charge is 0.396 e. The average Bonchev–Trinajstić information content (AvgIpc) is 1.83. The van der Waals surface area contributed by atoms with Crippen molar-refractivity contribution in [1.29, 1.82) is 0 Å². The fourth-order valence-corrected chi connectivity index (χ4v) is 1.13. The van der Waals surface area contributed by atoms with Gasteiger partial charge in [-0.1, -0.05) is 6.92 Å². The fourth-order valence-electron chi connectivity index (χ4n) is 1.13. The molecule has 1 unspecified atom stereocenters. The molecule has 1 aliphatic heterocycles. The van der Waals surface area contributed by atoms with Gasteiger partial charge in [0.25, 0.3) is 0 Å². The lowest BCUT2D eigenvalue weighted by Gasteiger charge is -2.42. The number of hydrogen-bond acceptors (Lipinski definition) is 3. The molecule has 0 radical (unpaired) electrons. The maximum atomic E-state index is 8.60. The van der Waals surface area contributed by atoms with Gasteiger partial charge in [0, 0.05) is 18.1 Å². The minimum atomic E-state index is 0.0891.